The van der Waals surface area contributed by atoms with E-state index in [1.165, 1.54) is 0 Å². The number of carbonyl (C=O) groups is 1. The Labute approximate surface area is 70.3 Å². The van der Waals surface area contributed by atoms with Crippen molar-refractivity contribution in [2.45, 2.75) is 12.2 Å². The highest BCUT2D eigenvalue weighted by atomic mass is 16.6. The van der Waals surface area contributed by atoms with Gasteiger partial charge in [-0.1, -0.05) is 30.3 Å². The van der Waals surface area contributed by atoms with Crippen molar-refractivity contribution < 1.29 is 15.0 Å². The summed E-state index contributed by atoms with van der Waals surface area (Å²) in [6, 6.07) is 9.77. The molecular formula is C9H10O3. The standard InChI is InChI=1S/C9H8O2.H2O/c10-6-8-9(11-8)7-4-2-1-3-5-7;/h1-6,8-9H;1H2. The fourth-order valence-corrected chi connectivity index (χ4v) is 1.14. The van der Waals surface area contributed by atoms with Gasteiger partial charge in [0.25, 0.3) is 0 Å². The molecule has 3 nitrogen and oxygen atoms in total. The summed E-state index contributed by atoms with van der Waals surface area (Å²) in [6.45, 7) is 0. The zero-order chi connectivity index (χ0) is 7.68. The number of ether oxygens (including phenoxy) is 1. The predicted molar refractivity (Wildman–Crippen MR) is 43.7 cm³/mol. The first kappa shape index (κ1) is 8.90. The van der Waals surface area contributed by atoms with E-state index in [0.29, 0.717) is 0 Å². The second-order valence-corrected chi connectivity index (χ2v) is 2.57. The van der Waals surface area contributed by atoms with Gasteiger partial charge in [0.05, 0.1) is 0 Å². The monoisotopic (exact) mass is 166 g/mol. The summed E-state index contributed by atoms with van der Waals surface area (Å²) >= 11 is 0. The fraction of sp³-hybridized carbons (Fsp3) is 0.222. The lowest BCUT2D eigenvalue weighted by Crippen LogP contribution is -1.87. The minimum atomic E-state index is -0.197. The third-order valence-electron chi connectivity index (χ3n) is 1.79. The molecule has 1 saturated heterocycles. The van der Waals surface area contributed by atoms with E-state index in [-0.39, 0.29) is 17.7 Å². The SMILES string of the molecule is O.O=CC1OC1c1ccccc1. The van der Waals surface area contributed by atoms with Crippen LogP contribution in [0.3, 0.4) is 0 Å². The van der Waals surface area contributed by atoms with E-state index in [9.17, 15) is 4.79 Å². The first-order valence-electron chi connectivity index (χ1n) is 3.57. The average Bonchev–Trinajstić information content (AvgIpc) is 2.85. The van der Waals surface area contributed by atoms with Gasteiger partial charge in [0.15, 0.2) is 6.29 Å². The van der Waals surface area contributed by atoms with Gasteiger partial charge in [-0.25, -0.2) is 0 Å². The van der Waals surface area contributed by atoms with Crippen LogP contribution < -0.4 is 0 Å². The van der Waals surface area contributed by atoms with Crippen molar-refractivity contribution in [1.29, 1.82) is 0 Å². The Hall–Kier alpha value is -1.19. The van der Waals surface area contributed by atoms with Crippen LogP contribution in [0.5, 0.6) is 0 Å². The molecule has 0 aliphatic carbocycles. The van der Waals surface area contributed by atoms with Crippen molar-refractivity contribution in [3.63, 3.8) is 0 Å². The maximum atomic E-state index is 10.2. The Balaban J connectivity index is 0.000000720. The molecule has 2 N–H and O–H groups in total. The Kier molecular flexibility index (Phi) is 2.58. The van der Waals surface area contributed by atoms with Crippen LogP contribution in [-0.4, -0.2) is 17.9 Å². The Morgan fingerprint density at radius 2 is 1.92 bits per heavy atom. The van der Waals surface area contributed by atoms with Gasteiger partial charge in [-0.2, -0.15) is 0 Å². The van der Waals surface area contributed by atoms with E-state index >= 15 is 0 Å². The highest BCUT2D eigenvalue weighted by Crippen LogP contribution is 2.36. The average molecular weight is 166 g/mol. The molecule has 0 saturated carbocycles. The summed E-state index contributed by atoms with van der Waals surface area (Å²) in [5.74, 6) is 0. The van der Waals surface area contributed by atoms with E-state index in [0.717, 1.165) is 11.8 Å². The number of hydrogen-bond donors (Lipinski definition) is 0. The molecule has 64 valence electrons. The maximum Gasteiger partial charge on any atom is 0.151 e. The second-order valence-electron chi connectivity index (χ2n) is 2.57. The van der Waals surface area contributed by atoms with Crippen LogP contribution in [0.15, 0.2) is 30.3 Å². The molecule has 1 heterocycles. The quantitative estimate of drug-likeness (QED) is 0.474. The zero-order valence-corrected chi connectivity index (χ0v) is 6.44. The van der Waals surface area contributed by atoms with E-state index < -0.39 is 0 Å². The van der Waals surface area contributed by atoms with Crippen molar-refractivity contribution in [3.8, 4) is 0 Å². The summed E-state index contributed by atoms with van der Waals surface area (Å²) in [5.41, 5.74) is 1.09. The summed E-state index contributed by atoms with van der Waals surface area (Å²) < 4.78 is 5.08. The van der Waals surface area contributed by atoms with Crippen LogP contribution in [0.2, 0.25) is 0 Å². The molecule has 3 heteroatoms. The first-order chi connectivity index (χ1) is 5.42. The Morgan fingerprint density at radius 3 is 2.42 bits per heavy atom. The van der Waals surface area contributed by atoms with Gasteiger partial charge >= 0.3 is 0 Å². The predicted octanol–water partition coefficient (Wildman–Crippen LogP) is 0.501. The molecule has 12 heavy (non-hydrogen) atoms. The van der Waals surface area contributed by atoms with Crippen molar-refractivity contribution in [1.82, 2.24) is 0 Å². The number of rotatable bonds is 2. The van der Waals surface area contributed by atoms with Crippen LogP contribution in [0.1, 0.15) is 11.7 Å². The molecule has 0 amide bonds. The largest absolute Gasteiger partial charge is 0.412 e. The van der Waals surface area contributed by atoms with Crippen molar-refractivity contribution in [2.75, 3.05) is 0 Å². The molecule has 0 aromatic heterocycles. The molecule has 1 aromatic rings. The summed E-state index contributed by atoms with van der Waals surface area (Å²) in [5, 5.41) is 0. The minimum absolute atomic E-state index is 0. The first-order valence-corrected chi connectivity index (χ1v) is 3.57. The summed E-state index contributed by atoms with van der Waals surface area (Å²) in [6.07, 6.45) is 0.670. The van der Waals surface area contributed by atoms with Gasteiger partial charge in [0.2, 0.25) is 0 Å². The summed E-state index contributed by atoms with van der Waals surface area (Å²) in [7, 11) is 0. The van der Waals surface area contributed by atoms with Crippen LogP contribution >= 0.6 is 0 Å². The number of aldehydes is 1. The number of benzene rings is 1. The highest BCUT2D eigenvalue weighted by molar-refractivity contribution is 5.61. The smallest absolute Gasteiger partial charge is 0.151 e. The lowest BCUT2D eigenvalue weighted by molar-refractivity contribution is -0.108. The molecule has 1 aromatic carbocycles. The molecule has 2 rings (SSSR count). The highest BCUT2D eigenvalue weighted by Gasteiger charge is 2.39. The lowest BCUT2D eigenvalue weighted by Gasteiger charge is -1.90. The topological polar surface area (TPSA) is 61.1 Å². The van der Waals surface area contributed by atoms with E-state index in [1.807, 2.05) is 30.3 Å². The molecular weight excluding hydrogens is 156 g/mol. The van der Waals surface area contributed by atoms with Crippen LogP contribution in [-0.2, 0) is 9.53 Å². The van der Waals surface area contributed by atoms with Gasteiger partial charge in [-0.15, -0.1) is 0 Å². The van der Waals surface area contributed by atoms with Crippen LogP contribution in [0.25, 0.3) is 0 Å². The normalized spacial score (nSPS) is 25.7. The molecule has 1 aliphatic heterocycles. The van der Waals surface area contributed by atoms with E-state index in [4.69, 9.17) is 4.74 Å². The van der Waals surface area contributed by atoms with Crippen LogP contribution in [0.4, 0.5) is 0 Å². The van der Waals surface area contributed by atoms with Gasteiger partial charge in [-0.05, 0) is 5.56 Å². The third kappa shape index (κ3) is 1.52. The lowest BCUT2D eigenvalue weighted by atomic mass is 10.1. The van der Waals surface area contributed by atoms with E-state index in [1.54, 1.807) is 0 Å². The van der Waals surface area contributed by atoms with Gasteiger partial charge < -0.3 is 15.0 Å². The van der Waals surface area contributed by atoms with Gasteiger partial charge in [0, 0.05) is 0 Å². The van der Waals surface area contributed by atoms with Crippen molar-refractivity contribution in [3.05, 3.63) is 35.9 Å². The van der Waals surface area contributed by atoms with Gasteiger partial charge in [0.1, 0.15) is 12.2 Å². The number of carbonyl (C=O) groups excluding carboxylic acids is 1. The fourth-order valence-electron chi connectivity index (χ4n) is 1.14. The Bertz CT molecular complexity index is 258. The van der Waals surface area contributed by atoms with Crippen molar-refractivity contribution in [2.24, 2.45) is 0 Å². The molecule has 0 spiro atoms. The minimum Gasteiger partial charge on any atom is -0.412 e. The Morgan fingerprint density at radius 1 is 1.25 bits per heavy atom. The molecule has 1 fully saturated rings. The maximum absolute atomic E-state index is 10.2. The molecule has 0 radical (unpaired) electrons. The van der Waals surface area contributed by atoms with E-state index in [2.05, 4.69) is 0 Å². The third-order valence-corrected chi connectivity index (χ3v) is 1.79. The zero-order valence-electron chi connectivity index (χ0n) is 6.44. The van der Waals surface area contributed by atoms with Gasteiger partial charge in [-0.3, -0.25) is 0 Å². The molecule has 2 atom stereocenters. The second kappa shape index (κ2) is 3.47. The number of epoxide rings is 1. The molecule has 0 bridgehead atoms. The summed E-state index contributed by atoms with van der Waals surface area (Å²) in [4.78, 5) is 10.2. The molecule has 1 aliphatic rings. The van der Waals surface area contributed by atoms with Crippen LogP contribution in [0, 0.1) is 0 Å². The van der Waals surface area contributed by atoms with Crippen molar-refractivity contribution >= 4 is 6.29 Å². The number of hydrogen-bond acceptors (Lipinski definition) is 2. The molecule has 2 unspecified atom stereocenters.